The lowest BCUT2D eigenvalue weighted by Gasteiger charge is -2.18. The number of aromatic nitrogens is 1. The normalized spacial score (nSPS) is 12.6. The van der Waals surface area contributed by atoms with Crippen LogP contribution in [0.5, 0.6) is 0 Å². The maximum atomic E-state index is 5.74. The molecule has 0 saturated heterocycles. The van der Waals surface area contributed by atoms with E-state index in [0.717, 1.165) is 6.42 Å². The molecule has 0 aliphatic heterocycles. The molecule has 1 aromatic heterocycles. The fraction of sp³-hybridized carbons (Fsp3) is 0.353. The maximum absolute atomic E-state index is 5.74. The Morgan fingerprint density at radius 1 is 1.10 bits per heavy atom. The maximum Gasteiger partial charge on any atom is 0.123 e. The smallest absolute Gasteiger partial charge is 0.123 e. The number of nitrogens with one attached hydrogen (secondary N) is 1. The number of pyridine rings is 1. The molecule has 2 aromatic rings. The third kappa shape index (κ3) is 3.58. The van der Waals surface area contributed by atoms with Crippen molar-refractivity contribution in [3.63, 3.8) is 0 Å². The second-order valence-corrected chi connectivity index (χ2v) is 5.46. The number of anilines is 1. The van der Waals surface area contributed by atoms with Crippen molar-refractivity contribution >= 4 is 5.82 Å². The third-order valence-corrected chi connectivity index (χ3v) is 3.64. The van der Waals surface area contributed by atoms with E-state index >= 15 is 0 Å². The molecule has 3 nitrogen and oxygen atoms in total. The summed E-state index contributed by atoms with van der Waals surface area (Å²) in [4.78, 5) is 4.03. The first-order valence-corrected chi connectivity index (χ1v) is 7.07. The summed E-state index contributed by atoms with van der Waals surface area (Å²) in [5.74, 6) is 1.14. The van der Waals surface area contributed by atoms with E-state index < -0.39 is 0 Å². The van der Waals surface area contributed by atoms with E-state index in [9.17, 15) is 0 Å². The van der Waals surface area contributed by atoms with Gasteiger partial charge >= 0.3 is 0 Å². The number of hydrogen-bond donors (Lipinski definition) is 2. The van der Waals surface area contributed by atoms with Gasteiger partial charge in [0.05, 0.1) is 0 Å². The van der Waals surface area contributed by atoms with Crippen molar-refractivity contribution in [2.75, 3.05) is 12.8 Å². The van der Waals surface area contributed by atoms with Crippen LogP contribution in [0, 0.1) is 0 Å². The summed E-state index contributed by atoms with van der Waals surface area (Å²) >= 11 is 0. The highest BCUT2D eigenvalue weighted by Crippen LogP contribution is 2.21. The second kappa shape index (κ2) is 6.53. The molecule has 1 unspecified atom stereocenters. The molecular formula is C17H23N3. The molecule has 106 valence electrons. The summed E-state index contributed by atoms with van der Waals surface area (Å²) in [7, 11) is 1.99. The summed E-state index contributed by atoms with van der Waals surface area (Å²) in [6, 6.07) is 13.1. The van der Waals surface area contributed by atoms with Gasteiger partial charge in [-0.05, 0) is 48.2 Å². The minimum atomic E-state index is 0.290. The molecule has 0 spiro atoms. The molecule has 0 fully saturated rings. The van der Waals surface area contributed by atoms with Crippen LogP contribution in [0.1, 0.15) is 42.5 Å². The van der Waals surface area contributed by atoms with E-state index in [4.69, 9.17) is 5.73 Å². The topological polar surface area (TPSA) is 50.9 Å². The Kier molecular flexibility index (Phi) is 4.74. The first-order chi connectivity index (χ1) is 9.60. The van der Waals surface area contributed by atoms with Crippen LogP contribution >= 0.6 is 0 Å². The lowest BCUT2D eigenvalue weighted by Crippen LogP contribution is -2.19. The van der Waals surface area contributed by atoms with Gasteiger partial charge in [0.2, 0.25) is 0 Å². The fourth-order valence-corrected chi connectivity index (χ4v) is 2.36. The van der Waals surface area contributed by atoms with Crippen LogP contribution in [0.4, 0.5) is 5.82 Å². The summed E-state index contributed by atoms with van der Waals surface area (Å²) in [5.41, 5.74) is 9.61. The highest BCUT2D eigenvalue weighted by molar-refractivity contribution is 5.34. The molecule has 0 bridgehead atoms. The number of rotatable bonds is 5. The van der Waals surface area contributed by atoms with Gasteiger partial charge in [-0.15, -0.1) is 0 Å². The molecule has 0 aliphatic rings. The second-order valence-electron chi connectivity index (χ2n) is 5.46. The van der Waals surface area contributed by atoms with Crippen LogP contribution in [0.25, 0.3) is 0 Å². The number of nitrogens with two attached hydrogens (primary N) is 1. The Bertz CT molecular complexity index is 546. The number of nitrogens with zero attached hydrogens (tertiary/aromatic N) is 1. The van der Waals surface area contributed by atoms with E-state index in [1.54, 1.807) is 6.20 Å². The molecule has 0 amide bonds. The molecule has 3 heteroatoms. The predicted molar refractivity (Wildman–Crippen MR) is 84.7 cm³/mol. The van der Waals surface area contributed by atoms with Crippen molar-refractivity contribution < 1.29 is 0 Å². The van der Waals surface area contributed by atoms with E-state index in [2.05, 4.69) is 48.4 Å². The Morgan fingerprint density at radius 2 is 1.75 bits per heavy atom. The molecule has 3 N–H and O–H groups in total. The van der Waals surface area contributed by atoms with Gasteiger partial charge in [-0.2, -0.15) is 0 Å². The van der Waals surface area contributed by atoms with Gasteiger partial charge in [0.15, 0.2) is 0 Å². The van der Waals surface area contributed by atoms with Crippen LogP contribution in [0.3, 0.4) is 0 Å². The zero-order chi connectivity index (χ0) is 14.5. The molecule has 1 aromatic carbocycles. The van der Waals surface area contributed by atoms with Crippen molar-refractivity contribution in [2.45, 2.75) is 32.2 Å². The van der Waals surface area contributed by atoms with E-state index in [1.165, 1.54) is 16.7 Å². The molecular weight excluding hydrogens is 246 g/mol. The average Bonchev–Trinajstić information content (AvgIpc) is 2.45. The Balaban J connectivity index is 2.15. The van der Waals surface area contributed by atoms with Crippen LogP contribution < -0.4 is 11.1 Å². The number of benzene rings is 1. The largest absolute Gasteiger partial charge is 0.384 e. The van der Waals surface area contributed by atoms with Crippen molar-refractivity contribution in [3.05, 3.63) is 59.3 Å². The Labute approximate surface area is 121 Å². The Hall–Kier alpha value is -1.87. The minimum Gasteiger partial charge on any atom is -0.384 e. The SMILES string of the molecule is CNC(Cc1ccnc(N)c1)c1ccc(C(C)C)cc1. The fourth-order valence-electron chi connectivity index (χ4n) is 2.36. The lowest BCUT2D eigenvalue weighted by atomic mass is 9.96. The highest BCUT2D eigenvalue weighted by Gasteiger charge is 2.11. The molecule has 2 rings (SSSR count). The van der Waals surface area contributed by atoms with Gasteiger partial charge in [-0.3, -0.25) is 0 Å². The van der Waals surface area contributed by atoms with Crippen molar-refractivity contribution in [1.29, 1.82) is 0 Å². The summed E-state index contributed by atoms with van der Waals surface area (Å²) < 4.78 is 0. The summed E-state index contributed by atoms with van der Waals surface area (Å²) in [6.07, 6.45) is 2.67. The summed E-state index contributed by atoms with van der Waals surface area (Å²) in [5, 5.41) is 3.37. The van der Waals surface area contributed by atoms with Gasteiger partial charge in [0.1, 0.15) is 5.82 Å². The number of hydrogen-bond acceptors (Lipinski definition) is 3. The van der Waals surface area contributed by atoms with Gasteiger partial charge in [0.25, 0.3) is 0 Å². The predicted octanol–water partition coefficient (Wildman–Crippen LogP) is 3.29. The van der Waals surface area contributed by atoms with Gasteiger partial charge in [0, 0.05) is 12.2 Å². The van der Waals surface area contributed by atoms with Crippen LogP contribution in [-0.4, -0.2) is 12.0 Å². The summed E-state index contributed by atoms with van der Waals surface area (Å²) in [6.45, 7) is 4.43. The standard InChI is InChI=1S/C17H23N3/c1-12(2)14-4-6-15(7-5-14)16(19-3)10-13-8-9-20-17(18)11-13/h4-9,11-12,16,19H,10H2,1-3H3,(H2,18,20). The van der Waals surface area contributed by atoms with Crippen molar-refractivity contribution in [3.8, 4) is 0 Å². The number of nitrogen functional groups attached to an aromatic ring is 1. The zero-order valence-electron chi connectivity index (χ0n) is 12.4. The molecule has 0 saturated carbocycles. The molecule has 20 heavy (non-hydrogen) atoms. The lowest BCUT2D eigenvalue weighted by molar-refractivity contribution is 0.591. The Morgan fingerprint density at radius 3 is 2.30 bits per heavy atom. The molecule has 1 atom stereocenters. The van der Waals surface area contributed by atoms with Gasteiger partial charge in [-0.1, -0.05) is 38.1 Å². The quantitative estimate of drug-likeness (QED) is 0.875. The minimum absolute atomic E-state index is 0.290. The van der Waals surface area contributed by atoms with E-state index in [-0.39, 0.29) is 6.04 Å². The van der Waals surface area contributed by atoms with E-state index in [0.29, 0.717) is 11.7 Å². The highest BCUT2D eigenvalue weighted by atomic mass is 14.9. The van der Waals surface area contributed by atoms with E-state index in [1.807, 2.05) is 19.2 Å². The van der Waals surface area contributed by atoms with Crippen molar-refractivity contribution in [2.24, 2.45) is 0 Å². The van der Waals surface area contributed by atoms with Gasteiger partial charge in [-0.25, -0.2) is 4.98 Å². The van der Waals surface area contributed by atoms with Crippen molar-refractivity contribution in [1.82, 2.24) is 10.3 Å². The molecule has 0 radical (unpaired) electrons. The first kappa shape index (κ1) is 14.5. The number of likely N-dealkylation sites (N-methyl/N-ethyl adjacent to an activating group) is 1. The first-order valence-electron chi connectivity index (χ1n) is 7.07. The van der Waals surface area contributed by atoms with Crippen LogP contribution in [-0.2, 0) is 6.42 Å². The van der Waals surface area contributed by atoms with Gasteiger partial charge < -0.3 is 11.1 Å². The third-order valence-electron chi connectivity index (χ3n) is 3.64. The molecule has 0 aliphatic carbocycles. The molecule has 1 heterocycles. The zero-order valence-corrected chi connectivity index (χ0v) is 12.4. The van der Waals surface area contributed by atoms with Crippen LogP contribution in [0.15, 0.2) is 42.6 Å². The monoisotopic (exact) mass is 269 g/mol. The van der Waals surface area contributed by atoms with Crippen LogP contribution in [0.2, 0.25) is 0 Å². The average molecular weight is 269 g/mol.